The molecule has 2 N–H and O–H groups in total. The predicted octanol–water partition coefficient (Wildman–Crippen LogP) is 2.03. The van der Waals surface area contributed by atoms with E-state index in [0.717, 1.165) is 21.3 Å². The van der Waals surface area contributed by atoms with Gasteiger partial charge in [0.1, 0.15) is 6.54 Å². The molecular formula is C13H16BrN3O2. The Hall–Kier alpha value is -1.56. The summed E-state index contributed by atoms with van der Waals surface area (Å²) >= 11 is 3.42. The summed E-state index contributed by atoms with van der Waals surface area (Å²) < 4.78 is 0.984. The molecule has 102 valence electrons. The molecule has 6 heteroatoms. The highest BCUT2D eigenvalue weighted by atomic mass is 79.9. The number of urea groups is 1. The van der Waals surface area contributed by atoms with Crippen molar-refractivity contribution >= 4 is 33.6 Å². The van der Waals surface area contributed by atoms with Gasteiger partial charge in [-0.1, -0.05) is 15.9 Å². The standard InChI is InChI=1S/C13H16BrN3O2/c1-8-5-10(14)6-9(2)12(8)16-13(19)17-4-3-15-11(18)7-17/h5-6H,3-4,7H2,1-2H3,(H,15,18)(H,16,19). The minimum absolute atomic E-state index is 0.112. The Bertz CT molecular complexity index is 508. The third-order valence-electron chi connectivity index (χ3n) is 3.05. The van der Waals surface area contributed by atoms with Crippen molar-refractivity contribution in [2.24, 2.45) is 0 Å². The lowest BCUT2D eigenvalue weighted by Crippen LogP contribution is -2.51. The molecule has 19 heavy (non-hydrogen) atoms. The molecule has 0 spiro atoms. The Labute approximate surface area is 120 Å². The molecule has 2 rings (SSSR count). The van der Waals surface area contributed by atoms with E-state index >= 15 is 0 Å². The summed E-state index contributed by atoms with van der Waals surface area (Å²) in [7, 11) is 0. The molecule has 1 saturated heterocycles. The number of carbonyl (C=O) groups is 2. The summed E-state index contributed by atoms with van der Waals surface area (Å²) in [5, 5.41) is 5.58. The van der Waals surface area contributed by atoms with Gasteiger partial charge in [-0.15, -0.1) is 0 Å². The first-order valence-corrected chi connectivity index (χ1v) is 6.86. The molecule has 1 heterocycles. The number of anilines is 1. The van der Waals surface area contributed by atoms with Crippen molar-refractivity contribution in [1.82, 2.24) is 10.2 Å². The minimum atomic E-state index is -0.233. The first-order valence-electron chi connectivity index (χ1n) is 6.07. The lowest BCUT2D eigenvalue weighted by Gasteiger charge is -2.27. The van der Waals surface area contributed by atoms with E-state index in [9.17, 15) is 9.59 Å². The maximum Gasteiger partial charge on any atom is 0.322 e. The van der Waals surface area contributed by atoms with Crippen LogP contribution in [0.5, 0.6) is 0 Å². The first-order chi connectivity index (χ1) is 8.97. The summed E-state index contributed by atoms with van der Waals surface area (Å²) in [5.41, 5.74) is 2.78. The molecule has 0 aromatic heterocycles. The fourth-order valence-corrected chi connectivity index (χ4v) is 2.79. The van der Waals surface area contributed by atoms with E-state index in [1.54, 1.807) is 0 Å². The van der Waals surface area contributed by atoms with Crippen LogP contribution < -0.4 is 10.6 Å². The Morgan fingerprint density at radius 3 is 2.58 bits per heavy atom. The molecule has 0 atom stereocenters. The van der Waals surface area contributed by atoms with E-state index in [-0.39, 0.29) is 18.5 Å². The van der Waals surface area contributed by atoms with E-state index < -0.39 is 0 Å². The molecule has 0 saturated carbocycles. The molecule has 1 fully saturated rings. The van der Waals surface area contributed by atoms with Gasteiger partial charge in [0, 0.05) is 23.2 Å². The maximum absolute atomic E-state index is 12.1. The SMILES string of the molecule is Cc1cc(Br)cc(C)c1NC(=O)N1CCNC(=O)C1. The Morgan fingerprint density at radius 1 is 1.37 bits per heavy atom. The number of amides is 3. The third-order valence-corrected chi connectivity index (χ3v) is 3.51. The number of rotatable bonds is 1. The second kappa shape index (κ2) is 5.61. The summed E-state index contributed by atoms with van der Waals surface area (Å²) in [6.45, 7) is 5.03. The van der Waals surface area contributed by atoms with Gasteiger partial charge in [0.15, 0.2) is 0 Å². The maximum atomic E-state index is 12.1. The lowest BCUT2D eigenvalue weighted by molar-refractivity contribution is -0.123. The number of benzene rings is 1. The highest BCUT2D eigenvalue weighted by Crippen LogP contribution is 2.25. The zero-order chi connectivity index (χ0) is 14.0. The zero-order valence-corrected chi connectivity index (χ0v) is 12.5. The third kappa shape index (κ3) is 3.26. The number of hydrogen-bond acceptors (Lipinski definition) is 2. The largest absolute Gasteiger partial charge is 0.353 e. The van der Waals surface area contributed by atoms with E-state index in [4.69, 9.17) is 0 Å². The number of halogens is 1. The topological polar surface area (TPSA) is 61.4 Å². The van der Waals surface area contributed by atoms with Crippen LogP contribution in [0, 0.1) is 13.8 Å². The summed E-state index contributed by atoms with van der Waals surface area (Å²) in [6, 6.07) is 3.67. The number of nitrogens with zero attached hydrogens (tertiary/aromatic N) is 1. The van der Waals surface area contributed by atoms with Gasteiger partial charge < -0.3 is 15.5 Å². The van der Waals surface area contributed by atoms with Crippen molar-refractivity contribution < 1.29 is 9.59 Å². The highest BCUT2D eigenvalue weighted by molar-refractivity contribution is 9.10. The van der Waals surface area contributed by atoms with E-state index in [1.807, 2.05) is 26.0 Å². The monoisotopic (exact) mass is 325 g/mol. The quantitative estimate of drug-likeness (QED) is 0.829. The van der Waals surface area contributed by atoms with Crippen LogP contribution in [-0.2, 0) is 4.79 Å². The second-order valence-corrected chi connectivity index (χ2v) is 5.53. The van der Waals surface area contributed by atoms with Gasteiger partial charge in [0.05, 0.1) is 0 Å². The Morgan fingerprint density at radius 2 is 2.00 bits per heavy atom. The molecule has 1 aliphatic rings. The van der Waals surface area contributed by atoms with Crippen LogP contribution >= 0.6 is 15.9 Å². The molecule has 1 aromatic rings. The number of aryl methyl sites for hydroxylation is 2. The van der Waals surface area contributed by atoms with Crippen LogP contribution in [0.3, 0.4) is 0 Å². The Balaban J connectivity index is 2.13. The summed E-state index contributed by atoms with van der Waals surface area (Å²) in [4.78, 5) is 24.9. The van der Waals surface area contributed by atoms with Gasteiger partial charge in [-0.25, -0.2) is 4.79 Å². The number of carbonyl (C=O) groups excluding carboxylic acids is 2. The molecule has 0 bridgehead atoms. The fourth-order valence-electron chi connectivity index (χ4n) is 2.11. The molecule has 0 radical (unpaired) electrons. The van der Waals surface area contributed by atoms with Crippen LogP contribution in [0.15, 0.2) is 16.6 Å². The number of piperazine rings is 1. The van der Waals surface area contributed by atoms with E-state index in [0.29, 0.717) is 13.1 Å². The summed E-state index contributed by atoms with van der Waals surface area (Å²) in [5.74, 6) is -0.120. The van der Waals surface area contributed by atoms with Crippen molar-refractivity contribution in [3.05, 3.63) is 27.7 Å². The van der Waals surface area contributed by atoms with Gasteiger partial charge in [0.2, 0.25) is 5.91 Å². The highest BCUT2D eigenvalue weighted by Gasteiger charge is 2.21. The molecule has 3 amide bonds. The fraction of sp³-hybridized carbons (Fsp3) is 0.385. The van der Waals surface area contributed by atoms with Gasteiger partial charge in [-0.2, -0.15) is 0 Å². The van der Waals surface area contributed by atoms with E-state index in [2.05, 4.69) is 26.6 Å². The molecule has 1 aromatic carbocycles. The first kappa shape index (κ1) is 13.9. The average molecular weight is 326 g/mol. The molecule has 0 aliphatic carbocycles. The van der Waals surface area contributed by atoms with Crippen LogP contribution in [0.2, 0.25) is 0 Å². The van der Waals surface area contributed by atoms with Crippen LogP contribution in [0.4, 0.5) is 10.5 Å². The minimum Gasteiger partial charge on any atom is -0.353 e. The number of hydrogen-bond donors (Lipinski definition) is 2. The predicted molar refractivity (Wildman–Crippen MR) is 77.2 cm³/mol. The van der Waals surface area contributed by atoms with Crippen molar-refractivity contribution in [3.8, 4) is 0 Å². The van der Waals surface area contributed by atoms with Gasteiger partial charge >= 0.3 is 6.03 Å². The van der Waals surface area contributed by atoms with Crippen LogP contribution in [0.1, 0.15) is 11.1 Å². The normalized spacial score (nSPS) is 15.1. The van der Waals surface area contributed by atoms with Crippen molar-refractivity contribution in [2.45, 2.75) is 13.8 Å². The number of nitrogens with one attached hydrogen (secondary N) is 2. The van der Waals surface area contributed by atoms with Gasteiger partial charge in [-0.3, -0.25) is 4.79 Å². The van der Waals surface area contributed by atoms with Crippen LogP contribution in [0.25, 0.3) is 0 Å². The van der Waals surface area contributed by atoms with Gasteiger partial charge in [0.25, 0.3) is 0 Å². The molecule has 5 nitrogen and oxygen atoms in total. The smallest absolute Gasteiger partial charge is 0.322 e. The Kier molecular flexibility index (Phi) is 4.09. The van der Waals surface area contributed by atoms with Crippen molar-refractivity contribution in [3.63, 3.8) is 0 Å². The molecule has 0 unspecified atom stereocenters. The second-order valence-electron chi connectivity index (χ2n) is 4.62. The molecular weight excluding hydrogens is 310 g/mol. The van der Waals surface area contributed by atoms with Crippen molar-refractivity contribution in [2.75, 3.05) is 25.0 Å². The van der Waals surface area contributed by atoms with Crippen LogP contribution in [-0.4, -0.2) is 36.5 Å². The lowest BCUT2D eigenvalue weighted by atomic mass is 10.1. The van der Waals surface area contributed by atoms with E-state index in [1.165, 1.54) is 4.90 Å². The van der Waals surface area contributed by atoms with Crippen molar-refractivity contribution in [1.29, 1.82) is 0 Å². The summed E-state index contributed by atoms with van der Waals surface area (Å²) in [6.07, 6.45) is 0. The molecule has 1 aliphatic heterocycles. The van der Waals surface area contributed by atoms with Gasteiger partial charge in [-0.05, 0) is 37.1 Å². The average Bonchev–Trinajstić information content (AvgIpc) is 2.33. The zero-order valence-electron chi connectivity index (χ0n) is 10.9.